The fourth-order valence-electron chi connectivity index (χ4n) is 3.53. The molecule has 4 rings (SSSR count). The minimum atomic E-state index is 0.0862. The first-order chi connectivity index (χ1) is 6.36. The smallest absolute Gasteiger partial charge is 0.0902 e. The maximum Gasteiger partial charge on any atom is 0.0902 e. The quantitative estimate of drug-likeness (QED) is 0.610. The van der Waals surface area contributed by atoms with Gasteiger partial charge in [-0.15, -0.1) is 0 Å². The topological polar surface area (TPSA) is 21.3 Å². The lowest BCUT2D eigenvalue weighted by Gasteiger charge is -2.49. The highest BCUT2D eigenvalue weighted by molar-refractivity contribution is 5.21. The zero-order valence-corrected chi connectivity index (χ0v) is 8.12. The number of allylic oxidation sites excluding steroid dienone is 1. The number of hydrogen-bond donors (Lipinski definition) is 1. The van der Waals surface area contributed by atoms with Crippen molar-refractivity contribution in [2.24, 2.45) is 17.8 Å². The van der Waals surface area contributed by atoms with Crippen LogP contribution < -0.4 is 5.32 Å². The lowest BCUT2D eigenvalue weighted by atomic mass is 9.61. The highest BCUT2D eigenvalue weighted by Gasteiger charge is 2.52. The van der Waals surface area contributed by atoms with E-state index in [1.54, 1.807) is 0 Å². The van der Waals surface area contributed by atoms with Gasteiger partial charge in [0.05, 0.1) is 5.60 Å². The first kappa shape index (κ1) is 8.01. The molecule has 1 saturated heterocycles. The lowest BCUT2D eigenvalue weighted by Crippen LogP contribution is -2.50. The van der Waals surface area contributed by atoms with Crippen LogP contribution in [-0.4, -0.2) is 25.8 Å². The van der Waals surface area contributed by atoms with Crippen LogP contribution in [0.4, 0.5) is 0 Å². The summed E-state index contributed by atoms with van der Waals surface area (Å²) in [4.78, 5) is 0. The molecule has 2 fully saturated rings. The maximum absolute atomic E-state index is 5.75. The van der Waals surface area contributed by atoms with E-state index in [-0.39, 0.29) is 5.60 Å². The van der Waals surface area contributed by atoms with Crippen molar-refractivity contribution in [3.05, 3.63) is 12.2 Å². The normalized spacial score (nSPS) is 52.5. The van der Waals surface area contributed by atoms with Gasteiger partial charge in [-0.2, -0.15) is 0 Å². The molecule has 0 spiro atoms. The molecule has 4 unspecified atom stereocenters. The third-order valence-corrected chi connectivity index (χ3v) is 4.31. The van der Waals surface area contributed by atoms with Crippen LogP contribution in [0.15, 0.2) is 12.2 Å². The molecule has 2 nitrogen and oxygen atoms in total. The van der Waals surface area contributed by atoms with Gasteiger partial charge in [-0.25, -0.2) is 0 Å². The second-order valence-corrected chi connectivity index (χ2v) is 4.65. The molecule has 2 bridgehead atoms. The Hall–Kier alpha value is -0.340. The fraction of sp³-hybridized carbons (Fsp3) is 0.818. The van der Waals surface area contributed by atoms with Gasteiger partial charge < -0.3 is 10.1 Å². The Morgan fingerprint density at radius 1 is 1.46 bits per heavy atom. The number of rotatable bonds is 1. The van der Waals surface area contributed by atoms with E-state index in [9.17, 15) is 0 Å². The van der Waals surface area contributed by atoms with Gasteiger partial charge in [0, 0.05) is 19.6 Å². The van der Waals surface area contributed by atoms with Crippen molar-refractivity contribution in [2.45, 2.75) is 18.4 Å². The van der Waals surface area contributed by atoms with Crippen LogP contribution in [-0.2, 0) is 4.74 Å². The Morgan fingerprint density at radius 2 is 2.38 bits per heavy atom. The van der Waals surface area contributed by atoms with Crippen LogP contribution in [0.1, 0.15) is 12.8 Å². The van der Waals surface area contributed by atoms with Crippen molar-refractivity contribution < 1.29 is 4.74 Å². The molecule has 4 aliphatic rings. The minimum absolute atomic E-state index is 0.0862. The number of hydrogen-bond acceptors (Lipinski definition) is 2. The molecule has 3 aliphatic carbocycles. The SMILES string of the molecule is COC12C=CC(CC1)C1CNCC12. The molecule has 0 aromatic carbocycles. The number of ether oxygens (including phenoxy) is 1. The molecule has 0 amide bonds. The summed E-state index contributed by atoms with van der Waals surface area (Å²) in [6.45, 7) is 2.35. The van der Waals surface area contributed by atoms with Gasteiger partial charge >= 0.3 is 0 Å². The fourth-order valence-corrected chi connectivity index (χ4v) is 3.53. The van der Waals surface area contributed by atoms with Crippen LogP contribution in [0, 0.1) is 17.8 Å². The Bertz CT molecular complexity index is 250. The summed E-state index contributed by atoms with van der Waals surface area (Å²) in [6.07, 6.45) is 7.28. The van der Waals surface area contributed by atoms with Crippen LogP contribution >= 0.6 is 0 Å². The third-order valence-electron chi connectivity index (χ3n) is 4.31. The van der Waals surface area contributed by atoms with E-state index < -0.39 is 0 Å². The number of nitrogens with one attached hydrogen (secondary N) is 1. The van der Waals surface area contributed by atoms with E-state index in [1.165, 1.54) is 19.4 Å². The molecule has 0 radical (unpaired) electrons. The number of fused-ring (bicyclic) bond motifs is 1. The van der Waals surface area contributed by atoms with Crippen molar-refractivity contribution in [3.8, 4) is 0 Å². The van der Waals surface area contributed by atoms with Crippen LogP contribution in [0.25, 0.3) is 0 Å². The Balaban J connectivity index is 2.01. The second-order valence-electron chi connectivity index (χ2n) is 4.65. The summed E-state index contributed by atoms with van der Waals surface area (Å²) in [6, 6.07) is 0. The zero-order chi connectivity index (χ0) is 8.89. The Labute approximate surface area is 79.3 Å². The molecule has 1 N–H and O–H groups in total. The van der Waals surface area contributed by atoms with Crippen molar-refractivity contribution in [1.82, 2.24) is 5.32 Å². The highest BCUT2D eigenvalue weighted by atomic mass is 16.5. The van der Waals surface area contributed by atoms with Crippen LogP contribution in [0.2, 0.25) is 0 Å². The summed E-state index contributed by atoms with van der Waals surface area (Å²) in [5.74, 6) is 2.41. The molecule has 2 heteroatoms. The largest absolute Gasteiger partial charge is 0.374 e. The number of methoxy groups -OCH3 is 1. The summed E-state index contributed by atoms with van der Waals surface area (Å²) in [5, 5.41) is 3.50. The van der Waals surface area contributed by atoms with Gasteiger partial charge in [-0.05, 0) is 31.2 Å². The first-order valence-electron chi connectivity index (χ1n) is 5.31. The van der Waals surface area contributed by atoms with Crippen molar-refractivity contribution in [2.75, 3.05) is 20.2 Å². The summed E-state index contributed by atoms with van der Waals surface area (Å²) in [5.41, 5.74) is 0.0862. The molecular weight excluding hydrogens is 162 g/mol. The van der Waals surface area contributed by atoms with Crippen molar-refractivity contribution in [3.63, 3.8) is 0 Å². The standard InChI is InChI=1S/C11H17NO/c1-13-11-4-2-8(3-5-11)9-6-12-7-10(9)11/h2,4,8-10,12H,3,5-7H2,1H3. The van der Waals surface area contributed by atoms with E-state index >= 15 is 0 Å². The Kier molecular flexibility index (Phi) is 1.59. The maximum atomic E-state index is 5.75. The minimum Gasteiger partial charge on any atom is -0.374 e. The zero-order valence-electron chi connectivity index (χ0n) is 8.12. The average Bonchev–Trinajstić information content (AvgIpc) is 2.70. The predicted octanol–water partition coefficient (Wildman–Crippen LogP) is 1.19. The molecule has 0 aromatic rings. The van der Waals surface area contributed by atoms with E-state index in [1.807, 2.05) is 7.11 Å². The van der Waals surface area contributed by atoms with Gasteiger partial charge in [0.25, 0.3) is 0 Å². The summed E-state index contributed by atoms with van der Waals surface area (Å²) in [7, 11) is 1.87. The van der Waals surface area contributed by atoms with E-state index in [4.69, 9.17) is 4.74 Å². The highest BCUT2D eigenvalue weighted by Crippen LogP contribution is 2.50. The van der Waals surface area contributed by atoms with Gasteiger partial charge in [0.1, 0.15) is 0 Å². The molecule has 1 saturated carbocycles. The third kappa shape index (κ3) is 0.906. The molecule has 72 valence electrons. The van der Waals surface area contributed by atoms with Crippen LogP contribution in [0.3, 0.4) is 0 Å². The summed E-state index contributed by atoms with van der Waals surface area (Å²) < 4.78 is 5.75. The molecule has 13 heavy (non-hydrogen) atoms. The molecular formula is C11H17NO. The van der Waals surface area contributed by atoms with E-state index in [2.05, 4.69) is 17.5 Å². The lowest BCUT2D eigenvalue weighted by molar-refractivity contribution is -0.0729. The van der Waals surface area contributed by atoms with Crippen molar-refractivity contribution in [1.29, 1.82) is 0 Å². The second kappa shape index (κ2) is 2.58. The predicted molar refractivity (Wildman–Crippen MR) is 51.5 cm³/mol. The van der Waals surface area contributed by atoms with Gasteiger partial charge in [0.2, 0.25) is 0 Å². The molecule has 1 aliphatic heterocycles. The van der Waals surface area contributed by atoms with Gasteiger partial charge in [-0.3, -0.25) is 0 Å². The molecule has 0 aromatic heterocycles. The van der Waals surface area contributed by atoms with Gasteiger partial charge in [-0.1, -0.05) is 12.2 Å². The Morgan fingerprint density at radius 3 is 3.08 bits per heavy atom. The molecule has 1 heterocycles. The van der Waals surface area contributed by atoms with Crippen LogP contribution in [0.5, 0.6) is 0 Å². The van der Waals surface area contributed by atoms with E-state index in [0.29, 0.717) is 0 Å². The first-order valence-corrected chi connectivity index (χ1v) is 5.31. The summed E-state index contributed by atoms with van der Waals surface area (Å²) >= 11 is 0. The molecule has 4 atom stereocenters. The van der Waals surface area contributed by atoms with Gasteiger partial charge in [0.15, 0.2) is 0 Å². The van der Waals surface area contributed by atoms with E-state index in [0.717, 1.165) is 24.3 Å². The monoisotopic (exact) mass is 179 g/mol. The van der Waals surface area contributed by atoms with Crippen molar-refractivity contribution >= 4 is 0 Å². The average molecular weight is 179 g/mol.